The van der Waals surface area contributed by atoms with Crippen molar-refractivity contribution in [3.05, 3.63) is 39.9 Å². The fourth-order valence-electron chi connectivity index (χ4n) is 1.19. The molecule has 1 aromatic carbocycles. The second-order valence-corrected chi connectivity index (χ2v) is 4.52. The third kappa shape index (κ3) is 5.60. The molecular weight excluding hydrogens is 285 g/mol. The average Bonchev–Trinajstić information content (AvgIpc) is 2.33. The van der Waals surface area contributed by atoms with E-state index in [0.29, 0.717) is 0 Å². The highest BCUT2D eigenvalue weighted by atomic mass is 32.2. The molecule has 1 amide bonds. The van der Waals surface area contributed by atoms with Crippen molar-refractivity contribution < 1.29 is 22.9 Å². The summed E-state index contributed by atoms with van der Waals surface area (Å²) >= 11 is -0.244. The number of carbonyl (C=O) groups is 1. The van der Waals surface area contributed by atoms with Crippen LogP contribution in [-0.4, -0.2) is 28.6 Å². The van der Waals surface area contributed by atoms with Crippen LogP contribution in [0.15, 0.2) is 24.3 Å². The Morgan fingerprint density at radius 3 is 2.68 bits per heavy atom. The second kappa shape index (κ2) is 6.41. The smallest absolute Gasteiger partial charge is 0.351 e. The molecule has 0 heterocycles. The number of non-ortho nitro benzene ring substituents is 1. The molecule has 0 unspecified atom stereocenters. The van der Waals surface area contributed by atoms with Crippen LogP contribution in [-0.2, 0) is 0 Å². The van der Waals surface area contributed by atoms with E-state index in [2.05, 4.69) is 5.32 Å². The van der Waals surface area contributed by atoms with Gasteiger partial charge in [0.25, 0.3) is 11.6 Å². The number of halogens is 3. The predicted molar refractivity (Wildman–Crippen MR) is 63.9 cm³/mol. The van der Waals surface area contributed by atoms with Gasteiger partial charge in [-0.1, -0.05) is 6.07 Å². The summed E-state index contributed by atoms with van der Waals surface area (Å²) in [5.41, 5.74) is -4.56. The van der Waals surface area contributed by atoms with Gasteiger partial charge in [0.2, 0.25) is 0 Å². The van der Waals surface area contributed by atoms with E-state index in [0.717, 1.165) is 6.07 Å². The molecule has 1 aromatic rings. The van der Waals surface area contributed by atoms with Gasteiger partial charge in [-0.25, -0.2) is 0 Å². The molecule has 0 aliphatic carbocycles. The van der Waals surface area contributed by atoms with Crippen LogP contribution < -0.4 is 5.32 Å². The molecule has 0 fully saturated rings. The Hall–Kier alpha value is -1.77. The van der Waals surface area contributed by atoms with Gasteiger partial charge >= 0.3 is 5.51 Å². The molecule has 0 saturated heterocycles. The van der Waals surface area contributed by atoms with Crippen LogP contribution in [0, 0.1) is 10.1 Å². The Kier molecular flexibility index (Phi) is 5.16. The molecule has 0 radical (unpaired) electrons. The van der Waals surface area contributed by atoms with Gasteiger partial charge in [0.1, 0.15) is 0 Å². The Bertz CT molecular complexity index is 479. The van der Waals surface area contributed by atoms with E-state index < -0.39 is 16.3 Å². The van der Waals surface area contributed by atoms with Crippen molar-refractivity contribution in [1.29, 1.82) is 0 Å². The molecule has 0 aliphatic rings. The number of amides is 1. The lowest BCUT2D eigenvalue weighted by molar-refractivity contribution is -0.384. The standard InChI is InChI=1S/C10H9F3N2O3S/c11-10(12,13)19-5-4-14-9(16)7-2-1-3-8(6-7)15(17)18/h1-3,6H,4-5H2,(H,14,16). The minimum absolute atomic E-state index is 0.0335. The van der Waals surface area contributed by atoms with Gasteiger partial charge in [-0.3, -0.25) is 14.9 Å². The first kappa shape index (κ1) is 15.3. The fraction of sp³-hybridized carbons (Fsp3) is 0.300. The van der Waals surface area contributed by atoms with E-state index in [1.807, 2.05) is 0 Å². The largest absolute Gasteiger partial charge is 0.441 e. The van der Waals surface area contributed by atoms with Crippen molar-refractivity contribution in [2.75, 3.05) is 12.3 Å². The maximum Gasteiger partial charge on any atom is 0.441 e. The molecule has 5 nitrogen and oxygen atoms in total. The number of nitrogens with zero attached hydrogens (tertiary/aromatic N) is 1. The number of nitrogens with one attached hydrogen (secondary N) is 1. The van der Waals surface area contributed by atoms with Crippen LogP contribution >= 0.6 is 11.8 Å². The first-order valence-corrected chi connectivity index (χ1v) is 6.01. The summed E-state index contributed by atoms with van der Waals surface area (Å²) in [6.07, 6.45) is 0. The van der Waals surface area contributed by atoms with Crippen LogP contribution in [0.3, 0.4) is 0 Å². The molecular formula is C10H9F3N2O3S. The van der Waals surface area contributed by atoms with Crippen molar-refractivity contribution in [3.8, 4) is 0 Å². The SMILES string of the molecule is O=C(NCCSC(F)(F)F)c1cccc([N+](=O)[O-])c1. The third-order valence-corrected chi connectivity index (χ3v) is 2.71. The van der Waals surface area contributed by atoms with E-state index in [4.69, 9.17) is 0 Å². The zero-order chi connectivity index (χ0) is 14.5. The number of nitro benzene ring substituents is 1. The summed E-state index contributed by atoms with van der Waals surface area (Å²) in [4.78, 5) is 21.4. The Balaban J connectivity index is 2.50. The molecule has 0 spiro atoms. The zero-order valence-electron chi connectivity index (χ0n) is 9.44. The number of benzene rings is 1. The minimum atomic E-state index is -4.34. The van der Waals surface area contributed by atoms with Crippen LogP contribution in [0.5, 0.6) is 0 Å². The third-order valence-electron chi connectivity index (χ3n) is 1.97. The molecule has 0 bridgehead atoms. The van der Waals surface area contributed by atoms with Crippen molar-refractivity contribution in [1.82, 2.24) is 5.32 Å². The molecule has 0 saturated carbocycles. The highest BCUT2D eigenvalue weighted by Crippen LogP contribution is 2.29. The summed E-state index contributed by atoms with van der Waals surface area (Å²) in [6, 6.07) is 4.96. The van der Waals surface area contributed by atoms with Gasteiger partial charge < -0.3 is 5.32 Å². The number of alkyl halides is 3. The average molecular weight is 294 g/mol. The first-order chi connectivity index (χ1) is 8.79. The molecule has 0 atom stereocenters. The van der Waals surface area contributed by atoms with Crippen molar-refractivity contribution in [2.45, 2.75) is 5.51 Å². The van der Waals surface area contributed by atoms with Gasteiger partial charge in [0, 0.05) is 30.0 Å². The van der Waals surface area contributed by atoms with Crippen molar-refractivity contribution in [3.63, 3.8) is 0 Å². The lowest BCUT2D eigenvalue weighted by Gasteiger charge is -2.07. The van der Waals surface area contributed by atoms with Gasteiger partial charge in [-0.2, -0.15) is 13.2 Å². The summed E-state index contributed by atoms with van der Waals surface area (Å²) in [5.74, 6) is -0.962. The maximum atomic E-state index is 11.8. The fourth-order valence-corrected chi connectivity index (χ4v) is 1.63. The molecule has 1 N–H and O–H groups in total. The summed E-state index contributed by atoms with van der Waals surface area (Å²) < 4.78 is 35.5. The summed E-state index contributed by atoms with van der Waals surface area (Å²) in [7, 11) is 0. The number of rotatable bonds is 5. The van der Waals surface area contributed by atoms with E-state index in [1.165, 1.54) is 18.2 Å². The van der Waals surface area contributed by atoms with Crippen molar-refractivity contribution in [2.24, 2.45) is 0 Å². The van der Waals surface area contributed by atoms with Crippen LogP contribution in [0.25, 0.3) is 0 Å². The molecule has 0 aliphatic heterocycles. The topological polar surface area (TPSA) is 72.2 Å². The van der Waals surface area contributed by atoms with Gasteiger partial charge in [-0.05, 0) is 17.8 Å². The lowest BCUT2D eigenvalue weighted by atomic mass is 10.2. The van der Waals surface area contributed by atoms with E-state index in [1.54, 1.807) is 0 Å². The van der Waals surface area contributed by atoms with Crippen molar-refractivity contribution >= 4 is 23.4 Å². The van der Waals surface area contributed by atoms with Gasteiger partial charge in [-0.15, -0.1) is 0 Å². The van der Waals surface area contributed by atoms with Gasteiger partial charge in [0.05, 0.1) is 4.92 Å². The number of thioether (sulfide) groups is 1. The highest BCUT2D eigenvalue weighted by Gasteiger charge is 2.27. The zero-order valence-corrected chi connectivity index (χ0v) is 10.3. The summed E-state index contributed by atoms with van der Waals surface area (Å²) in [5, 5.41) is 12.7. The molecule has 9 heteroatoms. The normalized spacial score (nSPS) is 11.1. The Morgan fingerprint density at radius 2 is 2.11 bits per heavy atom. The summed E-state index contributed by atoms with van der Waals surface area (Å²) in [6.45, 7) is -0.175. The van der Waals surface area contributed by atoms with E-state index in [-0.39, 0.29) is 35.3 Å². The Labute approximate surface area is 110 Å². The van der Waals surface area contributed by atoms with E-state index in [9.17, 15) is 28.1 Å². The van der Waals surface area contributed by atoms with Crippen LogP contribution in [0.2, 0.25) is 0 Å². The minimum Gasteiger partial charge on any atom is -0.351 e. The molecule has 1 rings (SSSR count). The lowest BCUT2D eigenvalue weighted by Crippen LogP contribution is -2.26. The number of nitro groups is 1. The van der Waals surface area contributed by atoms with Crippen LogP contribution in [0.1, 0.15) is 10.4 Å². The molecule has 104 valence electrons. The van der Waals surface area contributed by atoms with E-state index >= 15 is 0 Å². The molecule has 19 heavy (non-hydrogen) atoms. The predicted octanol–water partition coefficient (Wildman–Crippen LogP) is 2.58. The number of hydrogen-bond acceptors (Lipinski definition) is 4. The second-order valence-electron chi connectivity index (χ2n) is 3.36. The number of hydrogen-bond donors (Lipinski definition) is 1. The monoisotopic (exact) mass is 294 g/mol. The van der Waals surface area contributed by atoms with Crippen LogP contribution in [0.4, 0.5) is 18.9 Å². The van der Waals surface area contributed by atoms with Gasteiger partial charge in [0.15, 0.2) is 0 Å². The first-order valence-electron chi connectivity index (χ1n) is 5.03. The molecule has 0 aromatic heterocycles. The number of carbonyl (C=O) groups excluding carboxylic acids is 1. The quantitative estimate of drug-likeness (QED) is 0.514. The highest BCUT2D eigenvalue weighted by molar-refractivity contribution is 8.00. The maximum absolute atomic E-state index is 11.8. The Morgan fingerprint density at radius 1 is 1.42 bits per heavy atom.